The highest BCUT2D eigenvalue weighted by atomic mass is 28.2. The minimum atomic E-state index is 0.821. The lowest BCUT2D eigenvalue weighted by Gasteiger charge is -2.14. The first kappa shape index (κ1) is 14.1. The fraction of sp³-hybridized carbons (Fsp3) is 0.333. The van der Waals surface area contributed by atoms with E-state index in [0.717, 1.165) is 15.1 Å². The molecule has 2 rings (SSSR count). The summed E-state index contributed by atoms with van der Waals surface area (Å²) in [7, 11) is 1.02. The van der Waals surface area contributed by atoms with Crippen molar-refractivity contribution in [1.29, 1.82) is 0 Å². The van der Waals surface area contributed by atoms with Crippen LogP contribution in [0.1, 0.15) is 30.0 Å². The third kappa shape index (κ3) is 4.36. The second-order valence-electron chi connectivity index (χ2n) is 5.10. The van der Waals surface area contributed by atoms with E-state index in [1.807, 2.05) is 0 Å². The molecule has 0 nitrogen and oxygen atoms in total. The fourth-order valence-corrected chi connectivity index (χ4v) is 3.90. The van der Waals surface area contributed by atoms with Crippen LogP contribution in [0.25, 0.3) is 0 Å². The lowest BCUT2D eigenvalue weighted by molar-refractivity contribution is 0.778. The molecule has 0 fully saturated rings. The maximum atomic E-state index is 2.32. The van der Waals surface area contributed by atoms with Gasteiger partial charge in [-0.15, -0.1) is 0 Å². The summed E-state index contributed by atoms with van der Waals surface area (Å²) < 4.78 is 0. The largest absolute Gasteiger partial charge is 0.0654 e. The summed E-state index contributed by atoms with van der Waals surface area (Å²) in [5, 5.41) is 0. The molecule has 98 valence electrons. The van der Waals surface area contributed by atoms with Crippen LogP contribution in [0.2, 0.25) is 5.54 Å². The molecule has 2 radical (unpaired) electrons. The molecule has 0 heterocycles. The molecule has 19 heavy (non-hydrogen) atoms. The van der Waals surface area contributed by atoms with Crippen molar-refractivity contribution in [2.45, 2.75) is 38.3 Å². The van der Waals surface area contributed by atoms with Crippen molar-refractivity contribution in [3.05, 3.63) is 71.3 Å². The molecule has 0 amide bonds. The smallest absolute Gasteiger partial charge is 0.0467 e. The Kier molecular flexibility index (Phi) is 5.40. The Bertz CT molecular complexity index is 490. The minimum Gasteiger partial charge on any atom is -0.0654 e. The first-order valence-electron chi connectivity index (χ1n) is 7.11. The summed E-state index contributed by atoms with van der Waals surface area (Å²) in [5.41, 5.74) is 5.26. The molecule has 0 aliphatic heterocycles. The lowest BCUT2D eigenvalue weighted by Crippen LogP contribution is -2.10. The van der Waals surface area contributed by atoms with Gasteiger partial charge in [0.05, 0.1) is 0 Å². The van der Waals surface area contributed by atoms with Crippen LogP contribution in [0.15, 0.2) is 54.6 Å². The van der Waals surface area contributed by atoms with Crippen molar-refractivity contribution in [3.63, 3.8) is 0 Å². The predicted octanol–water partition coefficient (Wildman–Crippen LogP) is 4.64. The Morgan fingerprint density at radius 1 is 0.947 bits per heavy atom. The summed E-state index contributed by atoms with van der Waals surface area (Å²) in [6.45, 7) is 4.54. The zero-order valence-corrected chi connectivity index (χ0v) is 12.9. The molecule has 0 bridgehead atoms. The van der Waals surface area contributed by atoms with Gasteiger partial charge >= 0.3 is 0 Å². The van der Waals surface area contributed by atoms with E-state index in [2.05, 4.69) is 68.4 Å². The minimum absolute atomic E-state index is 0.821. The van der Waals surface area contributed by atoms with E-state index < -0.39 is 0 Å². The van der Waals surface area contributed by atoms with Crippen molar-refractivity contribution in [2.24, 2.45) is 0 Å². The van der Waals surface area contributed by atoms with Gasteiger partial charge < -0.3 is 0 Å². The van der Waals surface area contributed by atoms with Crippen LogP contribution in [0, 0.1) is 6.92 Å². The molecular weight excluding hydrogens is 244 g/mol. The molecule has 0 aliphatic rings. The lowest BCUT2D eigenvalue weighted by atomic mass is 10.1. The molecule has 2 aromatic rings. The first-order chi connectivity index (χ1) is 9.29. The van der Waals surface area contributed by atoms with Crippen molar-refractivity contribution in [2.75, 3.05) is 0 Å². The number of rotatable bonds is 6. The second kappa shape index (κ2) is 7.30. The van der Waals surface area contributed by atoms with Crippen LogP contribution in [-0.2, 0) is 12.5 Å². The van der Waals surface area contributed by atoms with E-state index in [1.165, 1.54) is 35.6 Å². The summed E-state index contributed by atoms with van der Waals surface area (Å²) in [5.74, 6) is 0. The van der Waals surface area contributed by atoms with E-state index >= 15 is 0 Å². The molecule has 0 saturated heterocycles. The molecule has 1 unspecified atom stereocenters. The first-order valence-corrected chi connectivity index (χ1v) is 8.40. The van der Waals surface area contributed by atoms with Crippen molar-refractivity contribution in [1.82, 2.24) is 0 Å². The van der Waals surface area contributed by atoms with Gasteiger partial charge in [-0.3, -0.25) is 0 Å². The quantitative estimate of drug-likeness (QED) is 0.668. The van der Waals surface area contributed by atoms with E-state index in [0.29, 0.717) is 0 Å². The number of aryl methyl sites for hydroxylation is 1. The van der Waals surface area contributed by atoms with Crippen molar-refractivity contribution < 1.29 is 0 Å². The Morgan fingerprint density at radius 2 is 1.63 bits per heavy atom. The van der Waals surface area contributed by atoms with Crippen LogP contribution in [0.3, 0.4) is 0 Å². The Morgan fingerprint density at radius 3 is 2.32 bits per heavy atom. The molecule has 1 heteroatoms. The van der Waals surface area contributed by atoms with Crippen molar-refractivity contribution >= 4 is 9.52 Å². The van der Waals surface area contributed by atoms with E-state index in [-0.39, 0.29) is 0 Å². The Balaban J connectivity index is 1.91. The molecule has 0 aliphatic carbocycles. The highest BCUT2D eigenvalue weighted by Crippen LogP contribution is 2.19. The molecular formula is C18H22Si. The van der Waals surface area contributed by atoms with E-state index in [9.17, 15) is 0 Å². The topological polar surface area (TPSA) is 0 Å². The summed E-state index contributed by atoms with van der Waals surface area (Å²) >= 11 is 0. The highest BCUT2D eigenvalue weighted by Gasteiger charge is 2.09. The average molecular weight is 266 g/mol. The summed E-state index contributed by atoms with van der Waals surface area (Å²) in [4.78, 5) is 0. The summed E-state index contributed by atoms with van der Waals surface area (Å²) in [6.07, 6.45) is 2.50. The third-order valence-corrected chi connectivity index (χ3v) is 5.43. The van der Waals surface area contributed by atoms with Gasteiger partial charge in [0.1, 0.15) is 0 Å². The van der Waals surface area contributed by atoms with Crippen LogP contribution in [-0.4, -0.2) is 9.52 Å². The van der Waals surface area contributed by atoms with E-state index in [4.69, 9.17) is 0 Å². The van der Waals surface area contributed by atoms with Gasteiger partial charge in [0.2, 0.25) is 0 Å². The van der Waals surface area contributed by atoms with Crippen LogP contribution in [0.4, 0.5) is 0 Å². The third-order valence-electron chi connectivity index (χ3n) is 3.66. The summed E-state index contributed by atoms with van der Waals surface area (Å²) in [6, 6.07) is 20.9. The molecule has 1 atom stereocenters. The number of benzene rings is 2. The van der Waals surface area contributed by atoms with Gasteiger partial charge in [-0.2, -0.15) is 0 Å². The molecule has 0 saturated carbocycles. The van der Waals surface area contributed by atoms with Gasteiger partial charge in [0.25, 0.3) is 0 Å². The monoisotopic (exact) mass is 266 g/mol. The van der Waals surface area contributed by atoms with Gasteiger partial charge in [-0.05, 0) is 41.6 Å². The number of hydrogen-bond acceptors (Lipinski definition) is 0. The highest BCUT2D eigenvalue weighted by molar-refractivity contribution is 6.37. The SMILES string of the molecule is CCC(Cc1ccccc1)[Si]Cc1ccccc1C. The maximum absolute atomic E-state index is 2.32. The van der Waals surface area contributed by atoms with Gasteiger partial charge in [-0.1, -0.05) is 67.9 Å². The Hall–Kier alpha value is -1.34. The van der Waals surface area contributed by atoms with Gasteiger partial charge in [0, 0.05) is 9.52 Å². The zero-order chi connectivity index (χ0) is 13.5. The molecule has 0 spiro atoms. The molecule has 2 aromatic carbocycles. The number of hydrogen-bond donors (Lipinski definition) is 0. The molecule has 0 N–H and O–H groups in total. The Labute approximate surface area is 119 Å². The fourth-order valence-electron chi connectivity index (χ4n) is 2.32. The maximum Gasteiger partial charge on any atom is 0.0467 e. The van der Waals surface area contributed by atoms with Crippen LogP contribution in [0.5, 0.6) is 0 Å². The van der Waals surface area contributed by atoms with Gasteiger partial charge in [-0.25, -0.2) is 0 Å². The second-order valence-corrected chi connectivity index (χ2v) is 6.68. The van der Waals surface area contributed by atoms with E-state index in [1.54, 1.807) is 0 Å². The zero-order valence-electron chi connectivity index (χ0n) is 11.9. The standard InChI is InChI=1S/C18H22Si/c1-3-18(13-16-10-5-4-6-11-16)19-14-17-12-8-7-9-15(17)2/h4-12,18H,3,13-14H2,1-2H3. The van der Waals surface area contributed by atoms with Crippen molar-refractivity contribution in [3.8, 4) is 0 Å². The van der Waals surface area contributed by atoms with Crippen LogP contribution < -0.4 is 0 Å². The average Bonchev–Trinajstić information content (AvgIpc) is 2.46. The molecule has 0 aromatic heterocycles. The normalized spacial score (nSPS) is 12.3. The predicted molar refractivity (Wildman–Crippen MR) is 84.8 cm³/mol. The van der Waals surface area contributed by atoms with Gasteiger partial charge in [0.15, 0.2) is 0 Å². The van der Waals surface area contributed by atoms with Crippen LogP contribution >= 0.6 is 0 Å².